The van der Waals surface area contributed by atoms with Gasteiger partial charge in [0, 0.05) is 31.7 Å². The SMILES string of the molecule is Cc1cccc(NCCN)c1CN(C=O)C1CCC(=O)NC1=O. The fourth-order valence-electron chi connectivity index (χ4n) is 2.69. The van der Waals surface area contributed by atoms with E-state index in [-0.39, 0.29) is 12.3 Å². The van der Waals surface area contributed by atoms with E-state index in [2.05, 4.69) is 10.6 Å². The van der Waals surface area contributed by atoms with Gasteiger partial charge in [-0.25, -0.2) is 0 Å². The van der Waals surface area contributed by atoms with Gasteiger partial charge in [-0.3, -0.25) is 19.7 Å². The van der Waals surface area contributed by atoms with Crippen molar-refractivity contribution < 1.29 is 14.4 Å². The van der Waals surface area contributed by atoms with Crippen molar-refractivity contribution in [1.29, 1.82) is 0 Å². The maximum Gasteiger partial charge on any atom is 0.249 e. The van der Waals surface area contributed by atoms with Crippen molar-refractivity contribution in [3.05, 3.63) is 29.3 Å². The number of hydrogen-bond donors (Lipinski definition) is 3. The topological polar surface area (TPSA) is 105 Å². The Morgan fingerprint density at radius 1 is 1.43 bits per heavy atom. The highest BCUT2D eigenvalue weighted by atomic mass is 16.2. The first-order chi connectivity index (χ1) is 11.1. The van der Waals surface area contributed by atoms with E-state index in [1.54, 1.807) is 0 Å². The van der Waals surface area contributed by atoms with Gasteiger partial charge in [0.25, 0.3) is 0 Å². The summed E-state index contributed by atoms with van der Waals surface area (Å²) in [6.07, 6.45) is 1.26. The summed E-state index contributed by atoms with van der Waals surface area (Å²) in [6, 6.07) is 5.18. The lowest BCUT2D eigenvalue weighted by Crippen LogP contribution is -2.51. The van der Waals surface area contributed by atoms with Crippen molar-refractivity contribution in [2.45, 2.75) is 32.4 Å². The molecular formula is C16H22N4O3. The Bertz CT molecular complexity index is 603. The molecule has 7 heteroatoms. The highest BCUT2D eigenvalue weighted by Crippen LogP contribution is 2.23. The molecule has 1 heterocycles. The molecule has 0 saturated carbocycles. The lowest BCUT2D eigenvalue weighted by molar-refractivity contribution is -0.141. The van der Waals surface area contributed by atoms with E-state index >= 15 is 0 Å². The average Bonchev–Trinajstić information content (AvgIpc) is 2.53. The molecule has 7 nitrogen and oxygen atoms in total. The van der Waals surface area contributed by atoms with Gasteiger partial charge in [0.15, 0.2) is 0 Å². The van der Waals surface area contributed by atoms with E-state index in [9.17, 15) is 14.4 Å². The van der Waals surface area contributed by atoms with Gasteiger partial charge in [-0.2, -0.15) is 0 Å². The van der Waals surface area contributed by atoms with Crippen molar-refractivity contribution >= 4 is 23.9 Å². The molecule has 0 bridgehead atoms. The van der Waals surface area contributed by atoms with E-state index in [0.29, 0.717) is 32.5 Å². The predicted molar refractivity (Wildman–Crippen MR) is 86.5 cm³/mol. The molecular weight excluding hydrogens is 296 g/mol. The normalized spacial score (nSPS) is 17.6. The minimum absolute atomic E-state index is 0.243. The number of carbonyl (C=O) groups excluding carboxylic acids is 3. The van der Waals surface area contributed by atoms with Crippen LogP contribution in [0.4, 0.5) is 5.69 Å². The Labute approximate surface area is 135 Å². The summed E-state index contributed by atoms with van der Waals surface area (Å²) in [5.74, 6) is -0.711. The highest BCUT2D eigenvalue weighted by molar-refractivity contribution is 6.00. The Morgan fingerprint density at radius 2 is 2.22 bits per heavy atom. The van der Waals surface area contributed by atoms with Crippen LogP contribution in [-0.2, 0) is 20.9 Å². The van der Waals surface area contributed by atoms with Crippen LogP contribution in [0.2, 0.25) is 0 Å². The van der Waals surface area contributed by atoms with Gasteiger partial charge < -0.3 is 16.0 Å². The van der Waals surface area contributed by atoms with Gasteiger partial charge in [-0.15, -0.1) is 0 Å². The number of piperidine rings is 1. The van der Waals surface area contributed by atoms with Crippen molar-refractivity contribution in [3.63, 3.8) is 0 Å². The molecule has 0 aliphatic carbocycles. The summed E-state index contributed by atoms with van der Waals surface area (Å²) in [4.78, 5) is 36.2. The summed E-state index contributed by atoms with van der Waals surface area (Å²) in [5, 5.41) is 5.52. The van der Waals surface area contributed by atoms with Crippen LogP contribution in [0.3, 0.4) is 0 Å². The summed E-state index contributed by atoms with van der Waals surface area (Å²) < 4.78 is 0. The fourth-order valence-corrected chi connectivity index (χ4v) is 2.69. The minimum atomic E-state index is -0.618. The van der Waals surface area contributed by atoms with Crippen LogP contribution in [0.15, 0.2) is 18.2 Å². The van der Waals surface area contributed by atoms with E-state index < -0.39 is 11.9 Å². The molecule has 2 rings (SSSR count). The van der Waals surface area contributed by atoms with Gasteiger partial charge in [-0.1, -0.05) is 12.1 Å². The van der Waals surface area contributed by atoms with Crippen LogP contribution in [0.25, 0.3) is 0 Å². The lowest BCUT2D eigenvalue weighted by Gasteiger charge is -2.31. The van der Waals surface area contributed by atoms with Gasteiger partial charge in [-0.05, 0) is 30.5 Å². The summed E-state index contributed by atoms with van der Waals surface area (Å²) in [5.41, 5.74) is 8.39. The Morgan fingerprint density at radius 3 is 2.87 bits per heavy atom. The largest absolute Gasteiger partial charge is 0.383 e. The monoisotopic (exact) mass is 318 g/mol. The Hall–Kier alpha value is -2.41. The smallest absolute Gasteiger partial charge is 0.249 e. The van der Waals surface area contributed by atoms with E-state index in [0.717, 1.165) is 16.8 Å². The second-order valence-electron chi connectivity index (χ2n) is 5.56. The third-order valence-electron chi connectivity index (χ3n) is 3.96. The second kappa shape index (κ2) is 7.73. The molecule has 0 radical (unpaired) electrons. The van der Waals surface area contributed by atoms with Gasteiger partial charge in [0.2, 0.25) is 18.2 Å². The maximum absolute atomic E-state index is 12.0. The highest BCUT2D eigenvalue weighted by Gasteiger charge is 2.31. The number of benzene rings is 1. The van der Waals surface area contributed by atoms with Crippen LogP contribution in [-0.4, -0.2) is 42.3 Å². The number of carbonyl (C=O) groups is 3. The average molecular weight is 318 g/mol. The first kappa shape index (κ1) is 17.0. The number of rotatable bonds is 7. The molecule has 1 saturated heterocycles. The Kier molecular flexibility index (Phi) is 5.70. The van der Waals surface area contributed by atoms with Crippen LogP contribution >= 0.6 is 0 Å². The molecule has 1 aliphatic heterocycles. The van der Waals surface area contributed by atoms with Crippen molar-refractivity contribution in [3.8, 4) is 0 Å². The molecule has 4 N–H and O–H groups in total. The molecule has 1 aromatic rings. The van der Waals surface area contributed by atoms with E-state index in [1.807, 2.05) is 25.1 Å². The quantitative estimate of drug-likeness (QED) is 0.489. The standard InChI is InChI=1S/C16H22N4O3/c1-11-3-2-4-13(18-8-7-17)12(11)9-20(10-21)14-5-6-15(22)19-16(14)23/h2-4,10,14,18H,5-9,17H2,1H3,(H,19,22,23). The number of aryl methyl sites for hydroxylation is 1. The van der Waals surface area contributed by atoms with Gasteiger partial charge in [0.1, 0.15) is 6.04 Å². The summed E-state index contributed by atoms with van der Waals surface area (Å²) in [7, 11) is 0. The number of imide groups is 1. The number of nitrogens with zero attached hydrogens (tertiary/aromatic N) is 1. The summed E-state index contributed by atoms with van der Waals surface area (Å²) >= 11 is 0. The fraction of sp³-hybridized carbons (Fsp3) is 0.438. The molecule has 1 unspecified atom stereocenters. The molecule has 3 amide bonds. The van der Waals surface area contributed by atoms with Crippen molar-refractivity contribution in [2.24, 2.45) is 5.73 Å². The first-order valence-electron chi connectivity index (χ1n) is 7.64. The number of anilines is 1. The van der Waals surface area contributed by atoms with Crippen LogP contribution in [0.5, 0.6) is 0 Å². The van der Waals surface area contributed by atoms with Gasteiger partial charge >= 0.3 is 0 Å². The van der Waals surface area contributed by atoms with Crippen molar-refractivity contribution in [2.75, 3.05) is 18.4 Å². The zero-order valence-corrected chi connectivity index (χ0v) is 13.2. The number of nitrogens with one attached hydrogen (secondary N) is 2. The van der Waals surface area contributed by atoms with Crippen molar-refractivity contribution in [1.82, 2.24) is 10.2 Å². The third kappa shape index (κ3) is 4.07. The molecule has 1 fully saturated rings. The second-order valence-corrected chi connectivity index (χ2v) is 5.56. The third-order valence-corrected chi connectivity index (χ3v) is 3.96. The Balaban J connectivity index is 2.20. The number of amides is 3. The molecule has 1 atom stereocenters. The maximum atomic E-state index is 12.0. The molecule has 1 aliphatic rings. The predicted octanol–water partition coefficient (Wildman–Crippen LogP) is 0.129. The lowest BCUT2D eigenvalue weighted by atomic mass is 10.0. The van der Waals surface area contributed by atoms with Crippen LogP contribution < -0.4 is 16.4 Å². The molecule has 0 aromatic heterocycles. The zero-order valence-electron chi connectivity index (χ0n) is 13.2. The minimum Gasteiger partial charge on any atom is -0.383 e. The molecule has 23 heavy (non-hydrogen) atoms. The van der Waals surface area contributed by atoms with Crippen LogP contribution in [0.1, 0.15) is 24.0 Å². The number of hydrogen-bond acceptors (Lipinski definition) is 5. The summed E-state index contributed by atoms with van der Waals surface area (Å²) in [6.45, 7) is 3.37. The first-order valence-corrected chi connectivity index (χ1v) is 7.64. The van der Waals surface area contributed by atoms with Gasteiger partial charge in [0.05, 0.1) is 0 Å². The molecule has 0 spiro atoms. The van der Waals surface area contributed by atoms with Crippen LogP contribution in [0, 0.1) is 6.92 Å². The number of nitrogens with two attached hydrogens (primary N) is 1. The van der Waals surface area contributed by atoms with E-state index in [1.165, 1.54) is 4.90 Å². The van der Waals surface area contributed by atoms with E-state index in [4.69, 9.17) is 5.73 Å². The molecule has 1 aromatic carbocycles. The molecule has 124 valence electrons. The zero-order chi connectivity index (χ0) is 16.8.